The van der Waals surface area contributed by atoms with Gasteiger partial charge in [0.05, 0.1) is 17.3 Å². The standard InChI is InChI=1S/C46H62N8O3/c1-29(2)54-41-22-37(21-38(40(41)28-50-54)44(56)49-27-39-31(4)17-32(5)51-45(39)57)36-7-8-42(48-26-36)53-15-13-52(14-16-53)12-6-11-47-43(55)30(3)9-10-46-23-33-18-34(24-46)20-35(19-33)25-46/h7-8,17,21-22,26,28-30,33-35H,6,9-16,18-20,23-25,27H2,1-5H3,(H,47,55)(H,49,56)(H,51,57). The van der Waals surface area contributed by atoms with E-state index in [4.69, 9.17) is 4.98 Å². The van der Waals surface area contributed by atoms with E-state index in [-0.39, 0.29) is 35.9 Å². The summed E-state index contributed by atoms with van der Waals surface area (Å²) in [5, 5.41) is 11.6. The number of rotatable bonds is 14. The van der Waals surface area contributed by atoms with Gasteiger partial charge >= 0.3 is 0 Å². The fourth-order valence-electron chi connectivity index (χ4n) is 11.2. The van der Waals surface area contributed by atoms with Gasteiger partial charge in [-0.2, -0.15) is 5.10 Å². The highest BCUT2D eigenvalue weighted by atomic mass is 16.2. The normalized spacial score (nSPS) is 23.7. The van der Waals surface area contributed by atoms with E-state index in [0.29, 0.717) is 16.5 Å². The number of fused-ring (bicyclic) bond motifs is 1. The van der Waals surface area contributed by atoms with Crippen LogP contribution in [0, 0.1) is 42.9 Å². The van der Waals surface area contributed by atoms with Crippen LogP contribution in [-0.4, -0.2) is 75.7 Å². The fourth-order valence-corrected chi connectivity index (χ4v) is 11.2. The first-order valence-corrected chi connectivity index (χ1v) is 21.6. The van der Waals surface area contributed by atoms with Crippen molar-refractivity contribution < 1.29 is 9.59 Å². The third-order valence-electron chi connectivity index (χ3n) is 13.8. The molecule has 304 valence electrons. The molecule has 1 aliphatic heterocycles. The summed E-state index contributed by atoms with van der Waals surface area (Å²) in [5.74, 6) is 3.93. The number of aromatic amines is 1. The molecule has 11 nitrogen and oxygen atoms in total. The Kier molecular flexibility index (Phi) is 11.3. The van der Waals surface area contributed by atoms with Crippen molar-refractivity contribution in [1.29, 1.82) is 0 Å². The lowest BCUT2D eigenvalue weighted by atomic mass is 9.48. The van der Waals surface area contributed by atoms with Crippen molar-refractivity contribution in [2.75, 3.05) is 44.2 Å². The van der Waals surface area contributed by atoms with Gasteiger partial charge in [0, 0.05) is 79.6 Å². The number of carbonyl (C=O) groups excluding carboxylic acids is 2. The van der Waals surface area contributed by atoms with Gasteiger partial charge < -0.3 is 20.5 Å². The molecule has 4 saturated carbocycles. The van der Waals surface area contributed by atoms with Crippen LogP contribution in [0.25, 0.3) is 22.0 Å². The Morgan fingerprint density at radius 1 is 0.912 bits per heavy atom. The summed E-state index contributed by atoms with van der Waals surface area (Å²) in [4.78, 5) is 51.9. The van der Waals surface area contributed by atoms with E-state index in [1.54, 1.807) is 6.20 Å². The number of nitrogens with zero attached hydrogens (tertiary/aromatic N) is 5. The minimum Gasteiger partial charge on any atom is -0.356 e. The van der Waals surface area contributed by atoms with Crippen LogP contribution in [0.2, 0.25) is 0 Å². The van der Waals surface area contributed by atoms with Crippen molar-refractivity contribution in [3.63, 3.8) is 0 Å². The predicted molar refractivity (Wildman–Crippen MR) is 226 cm³/mol. The maximum Gasteiger partial charge on any atom is 0.253 e. The lowest BCUT2D eigenvalue weighted by Crippen LogP contribution is -2.47. The molecule has 4 bridgehead atoms. The SMILES string of the molecule is Cc1cc(C)c(CNC(=O)c2cc(-c3ccc(N4CCN(CCCNC(=O)C(C)CCC56CC7CC(CC(C7)C5)C6)CC4)nc3)cc3c2cnn3C(C)C)c(=O)[nH]1. The molecule has 0 radical (unpaired) electrons. The number of pyridine rings is 2. The van der Waals surface area contributed by atoms with E-state index < -0.39 is 0 Å². The molecule has 11 heteroatoms. The second-order valence-corrected chi connectivity index (χ2v) is 18.5. The molecule has 4 aromatic rings. The zero-order valence-electron chi connectivity index (χ0n) is 34.7. The molecule has 3 aromatic heterocycles. The van der Waals surface area contributed by atoms with Gasteiger partial charge in [-0.1, -0.05) is 6.92 Å². The van der Waals surface area contributed by atoms with Crippen molar-refractivity contribution in [3.8, 4) is 11.1 Å². The van der Waals surface area contributed by atoms with Gasteiger partial charge in [0.2, 0.25) is 5.91 Å². The van der Waals surface area contributed by atoms with Crippen LogP contribution in [0.15, 0.2) is 47.5 Å². The second kappa shape index (κ2) is 16.4. The second-order valence-electron chi connectivity index (χ2n) is 18.5. The third kappa shape index (κ3) is 8.54. The Labute approximate surface area is 337 Å². The number of carbonyl (C=O) groups is 2. The Morgan fingerprint density at radius 3 is 2.28 bits per heavy atom. The molecule has 1 unspecified atom stereocenters. The summed E-state index contributed by atoms with van der Waals surface area (Å²) < 4.78 is 1.93. The van der Waals surface area contributed by atoms with Gasteiger partial charge in [-0.05, 0) is 157 Å². The smallest absolute Gasteiger partial charge is 0.253 e. The number of H-pyrrole nitrogens is 1. The van der Waals surface area contributed by atoms with E-state index in [2.05, 4.69) is 69.5 Å². The van der Waals surface area contributed by atoms with Crippen LogP contribution in [0.4, 0.5) is 5.82 Å². The molecular weight excluding hydrogens is 713 g/mol. The molecule has 1 aromatic carbocycles. The summed E-state index contributed by atoms with van der Waals surface area (Å²) in [6.07, 6.45) is 15.6. The molecule has 9 rings (SSSR count). The van der Waals surface area contributed by atoms with E-state index >= 15 is 0 Å². The molecule has 57 heavy (non-hydrogen) atoms. The number of anilines is 1. The summed E-state index contributed by atoms with van der Waals surface area (Å²) in [6.45, 7) is 15.6. The molecule has 5 aliphatic rings. The fraction of sp³-hybridized carbons (Fsp3) is 0.587. The number of aryl methyl sites for hydroxylation is 2. The molecule has 3 N–H and O–H groups in total. The summed E-state index contributed by atoms with van der Waals surface area (Å²) in [7, 11) is 0. The monoisotopic (exact) mass is 774 g/mol. The third-order valence-corrected chi connectivity index (χ3v) is 13.8. The summed E-state index contributed by atoms with van der Waals surface area (Å²) in [6, 6.07) is 10.2. The molecule has 2 amide bonds. The van der Waals surface area contributed by atoms with Crippen LogP contribution >= 0.6 is 0 Å². The Morgan fingerprint density at radius 2 is 1.63 bits per heavy atom. The number of piperazine rings is 1. The Bertz CT molecular complexity index is 2110. The first-order chi connectivity index (χ1) is 27.4. The molecule has 0 spiro atoms. The minimum atomic E-state index is -0.258. The van der Waals surface area contributed by atoms with Crippen LogP contribution < -0.4 is 21.1 Å². The molecular formula is C46H62N8O3. The number of hydrogen-bond acceptors (Lipinski definition) is 7. The average molecular weight is 775 g/mol. The first-order valence-electron chi connectivity index (χ1n) is 21.6. The number of hydrogen-bond donors (Lipinski definition) is 3. The van der Waals surface area contributed by atoms with Crippen LogP contribution in [0.3, 0.4) is 0 Å². The van der Waals surface area contributed by atoms with Gasteiger partial charge in [-0.15, -0.1) is 0 Å². The van der Waals surface area contributed by atoms with Crippen LogP contribution in [-0.2, 0) is 11.3 Å². The first kappa shape index (κ1) is 39.3. The highest BCUT2D eigenvalue weighted by Gasteiger charge is 2.50. The molecule has 5 fully saturated rings. The lowest BCUT2D eigenvalue weighted by molar-refractivity contribution is -0.125. The molecule has 4 aliphatic carbocycles. The average Bonchev–Trinajstić information content (AvgIpc) is 3.62. The molecule has 1 atom stereocenters. The molecule has 1 saturated heterocycles. The van der Waals surface area contributed by atoms with Gasteiger partial charge in [-0.3, -0.25) is 24.0 Å². The van der Waals surface area contributed by atoms with E-state index in [0.717, 1.165) is 109 Å². The van der Waals surface area contributed by atoms with Crippen molar-refractivity contribution in [1.82, 2.24) is 35.3 Å². The van der Waals surface area contributed by atoms with E-state index in [1.807, 2.05) is 36.9 Å². The van der Waals surface area contributed by atoms with Crippen LogP contribution in [0.1, 0.15) is 112 Å². The minimum absolute atomic E-state index is 0.0976. The zero-order valence-corrected chi connectivity index (χ0v) is 34.7. The highest BCUT2D eigenvalue weighted by Crippen LogP contribution is 2.61. The highest BCUT2D eigenvalue weighted by molar-refractivity contribution is 6.08. The van der Waals surface area contributed by atoms with E-state index in [9.17, 15) is 14.4 Å². The number of aromatic nitrogens is 4. The molecule has 4 heterocycles. The summed E-state index contributed by atoms with van der Waals surface area (Å²) >= 11 is 0. The maximum atomic E-state index is 13.7. The Balaban J connectivity index is 0.824. The quantitative estimate of drug-likeness (QED) is 0.116. The van der Waals surface area contributed by atoms with Crippen LogP contribution in [0.5, 0.6) is 0 Å². The van der Waals surface area contributed by atoms with E-state index in [1.165, 1.54) is 44.9 Å². The number of nitrogens with one attached hydrogen (secondary N) is 3. The number of amides is 2. The van der Waals surface area contributed by atoms with Gasteiger partial charge in [0.15, 0.2) is 0 Å². The Hall–Kier alpha value is -4.51. The van der Waals surface area contributed by atoms with Gasteiger partial charge in [0.1, 0.15) is 5.82 Å². The lowest BCUT2D eigenvalue weighted by Gasteiger charge is -2.57. The van der Waals surface area contributed by atoms with Gasteiger partial charge in [-0.25, -0.2) is 4.98 Å². The van der Waals surface area contributed by atoms with Crippen molar-refractivity contribution in [2.24, 2.45) is 29.1 Å². The van der Waals surface area contributed by atoms with Gasteiger partial charge in [0.25, 0.3) is 11.5 Å². The topological polar surface area (TPSA) is 128 Å². The zero-order chi connectivity index (χ0) is 39.8. The maximum absolute atomic E-state index is 13.7. The number of benzene rings is 1. The summed E-state index contributed by atoms with van der Waals surface area (Å²) in [5.41, 5.74) is 5.73. The van der Waals surface area contributed by atoms with Crippen molar-refractivity contribution in [3.05, 3.63) is 75.5 Å². The van der Waals surface area contributed by atoms with Crippen molar-refractivity contribution >= 4 is 28.5 Å². The predicted octanol–water partition coefficient (Wildman–Crippen LogP) is 7.18. The van der Waals surface area contributed by atoms with Crippen molar-refractivity contribution in [2.45, 2.75) is 105 Å². The largest absolute Gasteiger partial charge is 0.356 e.